The summed E-state index contributed by atoms with van der Waals surface area (Å²) in [5, 5.41) is 0. The number of hydrogen-bond donors (Lipinski definition) is 1. The van der Waals surface area contributed by atoms with Crippen molar-refractivity contribution in [1.82, 2.24) is 9.97 Å². The van der Waals surface area contributed by atoms with Crippen LogP contribution in [0.5, 0.6) is 0 Å². The van der Waals surface area contributed by atoms with Gasteiger partial charge in [-0.3, -0.25) is 0 Å². The molecule has 1 aromatic carbocycles. The summed E-state index contributed by atoms with van der Waals surface area (Å²) in [5.41, 5.74) is 4.10. The van der Waals surface area contributed by atoms with Crippen LogP contribution < -0.4 is 10.6 Å². The highest BCUT2D eigenvalue weighted by atomic mass is 19.4. The lowest BCUT2D eigenvalue weighted by Crippen LogP contribution is -2.35. The predicted molar refractivity (Wildman–Crippen MR) is 81.8 cm³/mol. The molecule has 0 saturated carbocycles. The lowest BCUT2D eigenvalue weighted by atomic mass is 9.94. The maximum absolute atomic E-state index is 14.0. The van der Waals surface area contributed by atoms with Crippen molar-refractivity contribution in [2.24, 2.45) is 5.73 Å². The number of halogens is 4. The van der Waals surface area contributed by atoms with Crippen LogP contribution in [-0.2, 0) is 19.0 Å². The summed E-state index contributed by atoms with van der Waals surface area (Å²) in [5.74, 6) is -1.40. The molecular formula is C16H14F4N4O. The number of alkyl halides is 3. The molecule has 2 N–H and O–H groups in total. The lowest BCUT2D eigenvalue weighted by molar-refractivity contribution is -0.142. The molecule has 3 rings (SSSR count). The van der Waals surface area contributed by atoms with Gasteiger partial charge < -0.3 is 5.73 Å². The van der Waals surface area contributed by atoms with Crippen LogP contribution in [0, 0.1) is 5.82 Å². The number of carbonyl (C=O) groups excluding carboxylic acids is 1. The van der Waals surface area contributed by atoms with E-state index in [-0.39, 0.29) is 23.4 Å². The number of amides is 2. The van der Waals surface area contributed by atoms with Gasteiger partial charge >= 0.3 is 12.2 Å². The van der Waals surface area contributed by atoms with E-state index < -0.39 is 29.7 Å². The third-order valence-corrected chi connectivity index (χ3v) is 3.95. The van der Waals surface area contributed by atoms with Gasteiger partial charge in [0.25, 0.3) is 0 Å². The molecule has 0 bridgehead atoms. The summed E-state index contributed by atoms with van der Waals surface area (Å²) >= 11 is 0. The molecule has 2 amide bonds. The molecule has 5 nitrogen and oxygen atoms in total. The maximum atomic E-state index is 14.0. The minimum atomic E-state index is -4.71. The third-order valence-electron chi connectivity index (χ3n) is 3.95. The van der Waals surface area contributed by atoms with Crippen molar-refractivity contribution in [3.05, 3.63) is 47.0 Å². The van der Waals surface area contributed by atoms with Crippen molar-refractivity contribution < 1.29 is 22.4 Å². The number of nitrogens with two attached hydrogens (primary N) is 1. The van der Waals surface area contributed by atoms with Crippen molar-refractivity contribution >= 4 is 17.7 Å². The second kappa shape index (κ2) is 6.30. The fourth-order valence-corrected chi connectivity index (χ4v) is 2.87. The fourth-order valence-electron chi connectivity index (χ4n) is 2.87. The van der Waals surface area contributed by atoms with E-state index in [0.717, 1.165) is 6.07 Å². The minimum absolute atomic E-state index is 0.0282. The zero-order valence-electron chi connectivity index (χ0n) is 13.0. The first-order valence-corrected chi connectivity index (χ1v) is 7.60. The topological polar surface area (TPSA) is 72.1 Å². The molecule has 0 saturated heterocycles. The number of urea groups is 1. The summed E-state index contributed by atoms with van der Waals surface area (Å²) in [6.45, 7) is 0. The average Bonchev–Trinajstić information content (AvgIpc) is 2.55. The molecule has 0 unspecified atom stereocenters. The molecule has 0 radical (unpaired) electrons. The van der Waals surface area contributed by atoms with Gasteiger partial charge in [0, 0.05) is 11.3 Å². The summed E-state index contributed by atoms with van der Waals surface area (Å²) in [7, 11) is 0. The average molecular weight is 354 g/mol. The SMILES string of the molecule is NC(=O)N(c1nc2c(c(C(F)(F)F)n1)CCCC2)c1ccccc1F. The third kappa shape index (κ3) is 3.26. The molecule has 1 aliphatic carbocycles. The molecule has 25 heavy (non-hydrogen) atoms. The van der Waals surface area contributed by atoms with Gasteiger partial charge in [0.05, 0.1) is 5.69 Å². The number of fused-ring (bicyclic) bond motifs is 1. The Hall–Kier alpha value is -2.71. The zero-order chi connectivity index (χ0) is 18.2. The first-order valence-electron chi connectivity index (χ1n) is 7.60. The van der Waals surface area contributed by atoms with E-state index in [9.17, 15) is 22.4 Å². The van der Waals surface area contributed by atoms with Gasteiger partial charge in [0.2, 0.25) is 5.95 Å². The summed E-state index contributed by atoms with van der Waals surface area (Å²) < 4.78 is 54.2. The number of aryl methyl sites for hydroxylation is 1. The summed E-state index contributed by atoms with van der Waals surface area (Å²) in [6, 6.07) is 3.92. The molecule has 0 atom stereocenters. The number of anilines is 2. The van der Waals surface area contributed by atoms with Crippen LogP contribution in [0.2, 0.25) is 0 Å². The molecule has 1 aromatic heterocycles. The van der Waals surface area contributed by atoms with Crippen molar-refractivity contribution in [3.63, 3.8) is 0 Å². The Morgan fingerprint density at radius 1 is 1.12 bits per heavy atom. The Morgan fingerprint density at radius 3 is 2.44 bits per heavy atom. The standard InChI is InChI=1S/C16H14F4N4O/c17-10-6-2-4-8-12(10)24(14(21)25)15-22-11-7-3-1-5-9(11)13(23-15)16(18,19)20/h2,4,6,8H,1,3,5,7H2,(H2,21,25). The zero-order valence-corrected chi connectivity index (χ0v) is 13.0. The Bertz CT molecular complexity index is 822. The minimum Gasteiger partial charge on any atom is -0.351 e. The van der Waals surface area contributed by atoms with Crippen LogP contribution in [0.15, 0.2) is 24.3 Å². The van der Waals surface area contributed by atoms with Gasteiger partial charge in [0.15, 0.2) is 5.69 Å². The van der Waals surface area contributed by atoms with E-state index in [4.69, 9.17) is 5.73 Å². The second-order valence-electron chi connectivity index (χ2n) is 5.63. The van der Waals surface area contributed by atoms with Crippen LogP contribution >= 0.6 is 0 Å². The van der Waals surface area contributed by atoms with E-state index in [0.29, 0.717) is 24.2 Å². The van der Waals surface area contributed by atoms with Crippen molar-refractivity contribution in [2.75, 3.05) is 4.90 Å². The summed E-state index contributed by atoms with van der Waals surface area (Å²) in [6.07, 6.45) is -2.89. The van der Waals surface area contributed by atoms with Crippen LogP contribution in [0.3, 0.4) is 0 Å². The van der Waals surface area contributed by atoms with Gasteiger partial charge in [0.1, 0.15) is 5.82 Å². The second-order valence-corrected chi connectivity index (χ2v) is 5.63. The number of para-hydroxylation sites is 1. The van der Waals surface area contributed by atoms with Gasteiger partial charge in [-0.05, 0) is 37.8 Å². The van der Waals surface area contributed by atoms with Gasteiger partial charge in [-0.2, -0.15) is 13.2 Å². The van der Waals surface area contributed by atoms with Gasteiger partial charge in [-0.15, -0.1) is 0 Å². The molecule has 0 fully saturated rings. The van der Waals surface area contributed by atoms with E-state index in [1.165, 1.54) is 18.2 Å². The largest absolute Gasteiger partial charge is 0.433 e. The number of hydrogen-bond acceptors (Lipinski definition) is 3. The molecule has 9 heteroatoms. The molecule has 1 aliphatic rings. The number of carbonyl (C=O) groups is 1. The highest BCUT2D eigenvalue weighted by molar-refractivity contribution is 5.96. The number of benzene rings is 1. The summed E-state index contributed by atoms with van der Waals surface area (Å²) in [4.78, 5) is 19.9. The Labute approximate surface area is 140 Å². The number of primary amides is 1. The number of aromatic nitrogens is 2. The number of rotatable bonds is 2. The predicted octanol–water partition coefficient (Wildman–Crippen LogP) is 3.73. The molecule has 2 aromatic rings. The van der Waals surface area contributed by atoms with Gasteiger partial charge in [-0.1, -0.05) is 12.1 Å². The molecular weight excluding hydrogens is 340 g/mol. The van der Waals surface area contributed by atoms with E-state index in [1.54, 1.807) is 0 Å². The molecule has 1 heterocycles. The number of nitrogens with zero attached hydrogens (tertiary/aromatic N) is 3. The van der Waals surface area contributed by atoms with Gasteiger partial charge in [-0.25, -0.2) is 24.1 Å². The van der Waals surface area contributed by atoms with Crippen molar-refractivity contribution in [3.8, 4) is 0 Å². The van der Waals surface area contributed by atoms with Crippen LogP contribution in [0.4, 0.5) is 34.0 Å². The van der Waals surface area contributed by atoms with Crippen molar-refractivity contribution in [1.29, 1.82) is 0 Å². The Kier molecular flexibility index (Phi) is 4.32. The van der Waals surface area contributed by atoms with E-state index >= 15 is 0 Å². The first kappa shape index (κ1) is 17.1. The van der Waals surface area contributed by atoms with E-state index in [2.05, 4.69) is 9.97 Å². The quantitative estimate of drug-likeness (QED) is 0.835. The highest BCUT2D eigenvalue weighted by Crippen LogP contribution is 2.37. The highest BCUT2D eigenvalue weighted by Gasteiger charge is 2.39. The molecule has 132 valence electrons. The fraction of sp³-hybridized carbons (Fsp3) is 0.312. The Balaban J connectivity index is 2.21. The van der Waals surface area contributed by atoms with E-state index in [1.807, 2.05) is 0 Å². The van der Waals surface area contributed by atoms with Crippen molar-refractivity contribution in [2.45, 2.75) is 31.9 Å². The lowest BCUT2D eigenvalue weighted by Gasteiger charge is -2.24. The maximum Gasteiger partial charge on any atom is 0.433 e. The monoisotopic (exact) mass is 354 g/mol. The first-order chi connectivity index (χ1) is 11.8. The smallest absolute Gasteiger partial charge is 0.351 e. The normalized spacial score (nSPS) is 14.1. The van der Waals surface area contributed by atoms with Crippen LogP contribution in [0.1, 0.15) is 29.8 Å². The Morgan fingerprint density at radius 2 is 1.80 bits per heavy atom. The molecule has 0 spiro atoms. The van der Waals surface area contributed by atoms with Crippen LogP contribution in [-0.4, -0.2) is 16.0 Å². The van der Waals surface area contributed by atoms with Crippen LogP contribution in [0.25, 0.3) is 0 Å². The molecule has 0 aliphatic heterocycles.